The molecule has 1 aliphatic rings. The fourth-order valence-electron chi connectivity index (χ4n) is 4.39. The Morgan fingerprint density at radius 1 is 1.11 bits per heavy atom. The minimum Gasteiger partial charge on any atom is -0.364 e. The Hall–Kier alpha value is -3.32. The zero-order chi connectivity index (χ0) is 27.4. The molecular formula is C25H30ClN7O4S. The lowest BCUT2D eigenvalue weighted by molar-refractivity contribution is 0.0995. The molecule has 0 radical (unpaired) electrons. The number of anilines is 1. The second-order valence-electron chi connectivity index (χ2n) is 8.80. The third-order valence-electron chi connectivity index (χ3n) is 6.50. The summed E-state index contributed by atoms with van der Waals surface area (Å²) < 4.78 is 29.6. The Labute approximate surface area is 226 Å². The molecule has 3 heterocycles. The van der Waals surface area contributed by atoms with Gasteiger partial charge in [0.15, 0.2) is 5.69 Å². The minimum atomic E-state index is -3.83. The molecule has 0 aliphatic carbocycles. The number of likely N-dealkylation sites (N-methyl/N-ethyl adjacent to an activating group) is 1. The van der Waals surface area contributed by atoms with E-state index in [9.17, 15) is 18.0 Å². The Balaban J connectivity index is 1.64. The van der Waals surface area contributed by atoms with Crippen LogP contribution in [0.25, 0.3) is 0 Å². The maximum absolute atomic E-state index is 13.4. The SMILES string of the molecule is CCc1c(NC(=O)c2cc(S(=O)(=O)N3CCN(CC)CC3)ccc2Cl)c(C(N)=O)nn1Cc1ccccn1. The van der Waals surface area contributed by atoms with Gasteiger partial charge in [0.25, 0.3) is 11.8 Å². The first-order valence-corrected chi connectivity index (χ1v) is 14.1. The maximum atomic E-state index is 13.4. The average Bonchev–Trinajstić information content (AvgIpc) is 3.26. The number of benzene rings is 1. The van der Waals surface area contributed by atoms with Crippen molar-refractivity contribution in [2.75, 3.05) is 38.0 Å². The van der Waals surface area contributed by atoms with Crippen molar-refractivity contribution < 1.29 is 18.0 Å². The van der Waals surface area contributed by atoms with Crippen LogP contribution in [0.3, 0.4) is 0 Å². The maximum Gasteiger partial charge on any atom is 0.271 e. The van der Waals surface area contributed by atoms with Crippen molar-refractivity contribution in [1.29, 1.82) is 0 Å². The summed E-state index contributed by atoms with van der Waals surface area (Å²) in [4.78, 5) is 32.0. The predicted molar refractivity (Wildman–Crippen MR) is 144 cm³/mol. The van der Waals surface area contributed by atoms with Gasteiger partial charge in [-0.2, -0.15) is 9.40 Å². The van der Waals surface area contributed by atoms with E-state index in [1.807, 2.05) is 26.0 Å². The topological polar surface area (TPSA) is 144 Å². The highest BCUT2D eigenvalue weighted by atomic mass is 35.5. The highest BCUT2D eigenvalue weighted by Crippen LogP contribution is 2.27. The molecule has 2 aromatic heterocycles. The smallest absolute Gasteiger partial charge is 0.271 e. The number of hydrogen-bond donors (Lipinski definition) is 2. The van der Waals surface area contributed by atoms with Crippen LogP contribution in [0.5, 0.6) is 0 Å². The number of sulfonamides is 1. The van der Waals surface area contributed by atoms with E-state index in [1.54, 1.807) is 16.9 Å². The van der Waals surface area contributed by atoms with Crippen LogP contribution in [0.1, 0.15) is 46.1 Å². The molecule has 0 unspecified atom stereocenters. The summed E-state index contributed by atoms with van der Waals surface area (Å²) in [6.45, 7) is 6.98. The van der Waals surface area contributed by atoms with Gasteiger partial charge >= 0.3 is 0 Å². The standard InChI is InChI=1S/C25H30ClN7O4S/c1-3-21-22(23(24(27)34)30-33(21)16-17-7-5-6-10-28-17)29-25(35)19-15-18(8-9-20(19)26)38(36,37)32-13-11-31(4-2)12-14-32/h5-10,15H,3-4,11-14,16H2,1-2H3,(H2,27,34)(H,29,35). The molecule has 1 fully saturated rings. The molecule has 4 rings (SSSR count). The van der Waals surface area contributed by atoms with Crippen molar-refractivity contribution in [2.45, 2.75) is 31.7 Å². The van der Waals surface area contributed by atoms with E-state index in [0.29, 0.717) is 44.0 Å². The normalized spacial score (nSPS) is 14.9. The molecule has 202 valence electrons. The van der Waals surface area contributed by atoms with Gasteiger partial charge in [-0.1, -0.05) is 31.5 Å². The second-order valence-corrected chi connectivity index (χ2v) is 11.1. The monoisotopic (exact) mass is 559 g/mol. The van der Waals surface area contributed by atoms with E-state index < -0.39 is 21.8 Å². The van der Waals surface area contributed by atoms with Gasteiger partial charge < -0.3 is 16.0 Å². The van der Waals surface area contributed by atoms with Gasteiger partial charge in [0.1, 0.15) is 0 Å². The van der Waals surface area contributed by atoms with Crippen LogP contribution in [0, 0.1) is 0 Å². The molecule has 13 heteroatoms. The van der Waals surface area contributed by atoms with E-state index in [2.05, 4.69) is 20.3 Å². The third kappa shape index (κ3) is 5.73. The molecule has 1 aliphatic heterocycles. The molecular weight excluding hydrogens is 530 g/mol. The van der Waals surface area contributed by atoms with Gasteiger partial charge in [0.2, 0.25) is 10.0 Å². The number of pyridine rings is 1. The number of nitrogens with two attached hydrogens (primary N) is 1. The van der Waals surface area contributed by atoms with Crippen LogP contribution in [0.4, 0.5) is 5.69 Å². The van der Waals surface area contributed by atoms with Gasteiger partial charge in [-0.25, -0.2) is 8.42 Å². The summed E-state index contributed by atoms with van der Waals surface area (Å²) in [6, 6.07) is 9.47. The Morgan fingerprint density at radius 3 is 2.45 bits per heavy atom. The molecule has 3 aromatic rings. The molecule has 11 nitrogen and oxygen atoms in total. The highest BCUT2D eigenvalue weighted by molar-refractivity contribution is 7.89. The number of nitrogens with zero attached hydrogens (tertiary/aromatic N) is 5. The molecule has 38 heavy (non-hydrogen) atoms. The molecule has 0 saturated carbocycles. The van der Waals surface area contributed by atoms with Gasteiger partial charge in [0, 0.05) is 32.4 Å². The number of halogens is 1. The number of rotatable bonds is 9. The van der Waals surface area contributed by atoms with E-state index in [-0.39, 0.29) is 33.4 Å². The van der Waals surface area contributed by atoms with Crippen molar-refractivity contribution in [2.24, 2.45) is 5.73 Å². The van der Waals surface area contributed by atoms with Crippen LogP contribution in [0.2, 0.25) is 5.02 Å². The summed E-state index contributed by atoms with van der Waals surface area (Å²) in [6.07, 6.45) is 2.07. The number of hydrogen-bond acceptors (Lipinski definition) is 7. The summed E-state index contributed by atoms with van der Waals surface area (Å²) in [5.74, 6) is -1.50. The lowest BCUT2D eigenvalue weighted by atomic mass is 10.1. The van der Waals surface area contributed by atoms with Crippen LogP contribution in [-0.2, 0) is 23.0 Å². The van der Waals surface area contributed by atoms with Crippen LogP contribution >= 0.6 is 11.6 Å². The molecule has 1 saturated heterocycles. The summed E-state index contributed by atoms with van der Waals surface area (Å²) in [7, 11) is -3.83. The number of piperazine rings is 1. The molecule has 0 atom stereocenters. The van der Waals surface area contributed by atoms with E-state index in [1.165, 1.54) is 22.5 Å². The van der Waals surface area contributed by atoms with Crippen molar-refractivity contribution in [1.82, 2.24) is 24.0 Å². The number of carbonyl (C=O) groups excluding carboxylic acids is 2. The summed E-state index contributed by atoms with van der Waals surface area (Å²) in [5.41, 5.74) is 6.84. The number of carbonyl (C=O) groups is 2. The fourth-order valence-corrected chi connectivity index (χ4v) is 6.04. The molecule has 0 bridgehead atoms. The minimum absolute atomic E-state index is 0.0336. The van der Waals surface area contributed by atoms with Gasteiger partial charge in [-0.05, 0) is 43.3 Å². The first kappa shape index (κ1) is 27.7. The predicted octanol–water partition coefficient (Wildman–Crippen LogP) is 2.22. The van der Waals surface area contributed by atoms with E-state index >= 15 is 0 Å². The average molecular weight is 560 g/mol. The van der Waals surface area contributed by atoms with Crippen LogP contribution in [0.15, 0.2) is 47.5 Å². The van der Waals surface area contributed by atoms with E-state index in [4.69, 9.17) is 17.3 Å². The second kappa shape index (κ2) is 11.6. The van der Waals surface area contributed by atoms with Crippen molar-refractivity contribution in [3.63, 3.8) is 0 Å². The highest BCUT2D eigenvalue weighted by Gasteiger charge is 2.30. The quantitative estimate of drug-likeness (QED) is 0.409. The number of aromatic nitrogens is 3. The summed E-state index contributed by atoms with van der Waals surface area (Å²) in [5, 5.41) is 7.09. The van der Waals surface area contributed by atoms with Crippen LogP contribution in [-0.4, -0.2) is 76.9 Å². The van der Waals surface area contributed by atoms with Crippen molar-refractivity contribution in [3.8, 4) is 0 Å². The number of amides is 2. The largest absolute Gasteiger partial charge is 0.364 e. The van der Waals surface area contributed by atoms with Gasteiger partial charge in [-0.3, -0.25) is 19.3 Å². The van der Waals surface area contributed by atoms with Crippen LogP contribution < -0.4 is 11.1 Å². The lowest BCUT2D eigenvalue weighted by Gasteiger charge is -2.33. The fraction of sp³-hybridized carbons (Fsp3) is 0.360. The molecule has 2 amide bonds. The number of nitrogens with one attached hydrogen (secondary N) is 1. The van der Waals surface area contributed by atoms with Gasteiger partial charge in [0.05, 0.1) is 39.1 Å². The lowest BCUT2D eigenvalue weighted by Crippen LogP contribution is -2.48. The first-order chi connectivity index (χ1) is 18.1. The van der Waals surface area contributed by atoms with Crippen molar-refractivity contribution in [3.05, 3.63) is 70.3 Å². The Morgan fingerprint density at radius 2 is 1.84 bits per heavy atom. The Kier molecular flexibility index (Phi) is 8.46. The summed E-state index contributed by atoms with van der Waals surface area (Å²) >= 11 is 6.32. The molecule has 3 N–H and O–H groups in total. The molecule has 1 aromatic carbocycles. The zero-order valence-corrected chi connectivity index (χ0v) is 22.8. The van der Waals surface area contributed by atoms with Crippen molar-refractivity contribution >= 4 is 39.1 Å². The Bertz CT molecular complexity index is 1440. The van der Waals surface area contributed by atoms with Gasteiger partial charge in [-0.15, -0.1) is 0 Å². The first-order valence-electron chi connectivity index (χ1n) is 12.3. The zero-order valence-electron chi connectivity index (χ0n) is 21.2. The third-order valence-corrected chi connectivity index (χ3v) is 8.73. The molecule has 0 spiro atoms. The number of primary amides is 1. The van der Waals surface area contributed by atoms with E-state index in [0.717, 1.165) is 6.54 Å².